The van der Waals surface area contributed by atoms with Crippen molar-refractivity contribution in [2.75, 3.05) is 11.9 Å². The molecule has 1 N–H and O–H groups in total. The summed E-state index contributed by atoms with van der Waals surface area (Å²) in [6.07, 6.45) is 5.27. The van der Waals surface area contributed by atoms with Crippen LogP contribution in [0.1, 0.15) is 45.1 Å². The third kappa shape index (κ3) is 4.06. The smallest absolute Gasteiger partial charge is 0.221 e. The molecule has 0 spiro atoms. The first-order chi connectivity index (χ1) is 9.19. The van der Waals surface area contributed by atoms with E-state index in [1.807, 2.05) is 12.1 Å². The summed E-state index contributed by atoms with van der Waals surface area (Å²) in [5.74, 6) is -0.0187. The fourth-order valence-corrected chi connectivity index (χ4v) is 2.86. The highest BCUT2D eigenvalue weighted by atomic mass is 16.1. The van der Waals surface area contributed by atoms with E-state index in [4.69, 9.17) is 0 Å². The Hall–Kier alpha value is -1.35. The number of piperidine rings is 1. The molecule has 0 unspecified atom stereocenters. The molecule has 0 aliphatic carbocycles. The molecular formula is C16H24N2O. The third-order valence-electron chi connectivity index (χ3n) is 3.88. The van der Waals surface area contributed by atoms with E-state index in [-0.39, 0.29) is 5.91 Å². The summed E-state index contributed by atoms with van der Waals surface area (Å²) in [6.45, 7) is 6.06. The first kappa shape index (κ1) is 14.1. The molecule has 1 aliphatic heterocycles. The molecule has 104 valence electrons. The lowest BCUT2D eigenvalue weighted by Gasteiger charge is -2.35. The molecule has 0 bridgehead atoms. The van der Waals surface area contributed by atoms with Crippen LogP contribution in [0.3, 0.4) is 0 Å². The number of carbonyl (C=O) groups is 1. The molecule has 19 heavy (non-hydrogen) atoms. The van der Waals surface area contributed by atoms with Crippen LogP contribution < -0.4 is 5.32 Å². The van der Waals surface area contributed by atoms with Gasteiger partial charge in [-0.2, -0.15) is 0 Å². The SMILES string of the molecule is CC[C@@H]1CCCCN1Cc1ccc(NC(C)=O)cc1. The van der Waals surface area contributed by atoms with Crippen LogP contribution in [0.5, 0.6) is 0 Å². The van der Waals surface area contributed by atoms with Gasteiger partial charge in [0.25, 0.3) is 0 Å². The van der Waals surface area contributed by atoms with Crippen molar-refractivity contribution in [1.29, 1.82) is 0 Å². The van der Waals surface area contributed by atoms with E-state index in [0.29, 0.717) is 0 Å². The Bertz CT molecular complexity index is 413. The highest BCUT2D eigenvalue weighted by molar-refractivity contribution is 5.88. The van der Waals surface area contributed by atoms with E-state index >= 15 is 0 Å². The van der Waals surface area contributed by atoms with E-state index < -0.39 is 0 Å². The van der Waals surface area contributed by atoms with Crippen LogP contribution >= 0.6 is 0 Å². The molecule has 1 fully saturated rings. The van der Waals surface area contributed by atoms with E-state index in [0.717, 1.165) is 18.3 Å². The monoisotopic (exact) mass is 260 g/mol. The van der Waals surface area contributed by atoms with Gasteiger partial charge in [0.15, 0.2) is 0 Å². The van der Waals surface area contributed by atoms with Crippen molar-refractivity contribution in [2.24, 2.45) is 0 Å². The summed E-state index contributed by atoms with van der Waals surface area (Å²) in [5.41, 5.74) is 2.20. The van der Waals surface area contributed by atoms with Crippen LogP contribution in [0.15, 0.2) is 24.3 Å². The van der Waals surface area contributed by atoms with Gasteiger partial charge < -0.3 is 5.32 Å². The van der Waals surface area contributed by atoms with Crippen LogP contribution in [0.2, 0.25) is 0 Å². The van der Waals surface area contributed by atoms with Crippen molar-refractivity contribution in [3.8, 4) is 0 Å². The van der Waals surface area contributed by atoms with E-state index in [1.165, 1.54) is 44.7 Å². The van der Waals surface area contributed by atoms with Gasteiger partial charge >= 0.3 is 0 Å². The molecule has 1 heterocycles. The molecule has 3 heteroatoms. The summed E-state index contributed by atoms with van der Waals surface area (Å²) < 4.78 is 0. The predicted octanol–water partition coefficient (Wildman–Crippen LogP) is 3.41. The number of amides is 1. The fraction of sp³-hybridized carbons (Fsp3) is 0.562. The Labute approximate surface area is 116 Å². The number of anilines is 1. The number of likely N-dealkylation sites (tertiary alicyclic amines) is 1. The number of nitrogens with zero attached hydrogens (tertiary/aromatic N) is 1. The average molecular weight is 260 g/mol. The zero-order valence-corrected chi connectivity index (χ0v) is 12.0. The van der Waals surface area contributed by atoms with Gasteiger partial charge in [0.2, 0.25) is 5.91 Å². The van der Waals surface area contributed by atoms with Gasteiger partial charge in [0.1, 0.15) is 0 Å². The molecule has 1 aromatic rings. The predicted molar refractivity (Wildman–Crippen MR) is 79.1 cm³/mol. The Kier molecular flexibility index (Phi) is 4.97. The molecular weight excluding hydrogens is 236 g/mol. The van der Waals surface area contributed by atoms with Gasteiger partial charge in [-0.25, -0.2) is 0 Å². The molecule has 0 aromatic heterocycles. The number of hydrogen-bond acceptors (Lipinski definition) is 2. The van der Waals surface area contributed by atoms with Crippen molar-refractivity contribution in [3.63, 3.8) is 0 Å². The van der Waals surface area contributed by atoms with Gasteiger partial charge in [-0.15, -0.1) is 0 Å². The van der Waals surface area contributed by atoms with Crippen LogP contribution in [-0.2, 0) is 11.3 Å². The molecule has 1 saturated heterocycles. The minimum absolute atomic E-state index is 0.0187. The van der Waals surface area contributed by atoms with Gasteiger partial charge in [0, 0.05) is 25.2 Å². The zero-order valence-electron chi connectivity index (χ0n) is 12.0. The second kappa shape index (κ2) is 6.71. The molecule has 2 rings (SSSR count). The summed E-state index contributed by atoms with van der Waals surface area (Å²) in [5, 5.41) is 2.80. The van der Waals surface area contributed by atoms with Gasteiger partial charge in [-0.3, -0.25) is 9.69 Å². The lowest BCUT2D eigenvalue weighted by atomic mass is 9.99. The Morgan fingerprint density at radius 1 is 1.32 bits per heavy atom. The lowest BCUT2D eigenvalue weighted by molar-refractivity contribution is -0.114. The van der Waals surface area contributed by atoms with Crippen molar-refractivity contribution in [2.45, 2.75) is 52.1 Å². The zero-order chi connectivity index (χ0) is 13.7. The second-order valence-electron chi connectivity index (χ2n) is 5.41. The maximum Gasteiger partial charge on any atom is 0.221 e. The number of rotatable bonds is 4. The van der Waals surface area contributed by atoms with Gasteiger partial charge in [0.05, 0.1) is 0 Å². The minimum Gasteiger partial charge on any atom is -0.326 e. The maximum atomic E-state index is 11.0. The highest BCUT2D eigenvalue weighted by Gasteiger charge is 2.20. The van der Waals surface area contributed by atoms with Crippen LogP contribution in [0.25, 0.3) is 0 Å². The summed E-state index contributed by atoms with van der Waals surface area (Å²) in [6, 6.07) is 8.95. The molecule has 3 nitrogen and oxygen atoms in total. The van der Waals surface area contributed by atoms with Crippen molar-refractivity contribution < 1.29 is 4.79 Å². The van der Waals surface area contributed by atoms with Crippen molar-refractivity contribution in [3.05, 3.63) is 29.8 Å². The number of benzene rings is 1. The first-order valence-corrected chi connectivity index (χ1v) is 7.29. The summed E-state index contributed by atoms with van der Waals surface area (Å²) in [7, 11) is 0. The molecule has 0 radical (unpaired) electrons. The molecule has 1 aromatic carbocycles. The van der Waals surface area contributed by atoms with Crippen LogP contribution in [0, 0.1) is 0 Å². The van der Waals surface area contributed by atoms with E-state index in [9.17, 15) is 4.79 Å². The maximum absolute atomic E-state index is 11.0. The fourth-order valence-electron chi connectivity index (χ4n) is 2.86. The first-order valence-electron chi connectivity index (χ1n) is 7.29. The quantitative estimate of drug-likeness (QED) is 0.899. The van der Waals surface area contributed by atoms with Crippen LogP contribution in [0.4, 0.5) is 5.69 Å². The Morgan fingerprint density at radius 2 is 2.05 bits per heavy atom. The van der Waals surface area contributed by atoms with Gasteiger partial charge in [-0.1, -0.05) is 25.5 Å². The van der Waals surface area contributed by atoms with Gasteiger partial charge in [-0.05, 0) is 43.5 Å². The van der Waals surface area contributed by atoms with Crippen LogP contribution in [-0.4, -0.2) is 23.4 Å². The second-order valence-corrected chi connectivity index (χ2v) is 5.41. The standard InChI is InChI=1S/C16H24N2O/c1-3-16-6-4-5-11-18(16)12-14-7-9-15(10-8-14)17-13(2)19/h7-10,16H,3-6,11-12H2,1-2H3,(H,17,19)/t16-/m1/s1. The van der Waals surface area contributed by atoms with E-state index in [2.05, 4.69) is 29.3 Å². The number of hydrogen-bond donors (Lipinski definition) is 1. The summed E-state index contributed by atoms with van der Waals surface area (Å²) >= 11 is 0. The van der Waals surface area contributed by atoms with Crippen molar-refractivity contribution >= 4 is 11.6 Å². The Balaban J connectivity index is 1.96. The molecule has 0 saturated carbocycles. The normalized spacial score (nSPS) is 20.2. The minimum atomic E-state index is -0.0187. The summed E-state index contributed by atoms with van der Waals surface area (Å²) in [4.78, 5) is 13.6. The third-order valence-corrected chi connectivity index (χ3v) is 3.88. The molecule has 1 aliphatic rings. The number of nitrogens with one attached hydrogen (secondary N) is 1. The van der Waals surface area contributed by atoms with Crippen molar-refractivity contribution in [1.82, 2.24) is 4.90 Å². The van der Waals surface area contributed by atoms with E-state index in [1.54, 1.807) is 0 Å². The average Bonchev–Trinajstić information content (AvgIpc) is 2.41. The molecule has 1 amide bonds. The highest BCUT2D eigenvalue weighted by Crippen LogP contribution is 2.22. The Morgan fingerprint density at radius 3 is 2.68 bits per heavy atom. The molecule has 1 atom stereocenters. The largest absolute Gasteiger partial charge is 0.326 e. The lowest BCUT2D eigenvalue weighted by Crippen LogP contribution is -2.38. The number of carbonyl (C=O) groups excluding carboxylic acids is 1. The topological polar surface area (TPSA) is 32.3 Å².